The van der Waals surface area contributed by atoms with E-state index in [0.717, 1.165) is 18.4 Å². The molecule has 82 valence electrons. The lowest BCUT2D eigenvalue weighted by molar-refractivity contribution is -0.130. The van der Waals surface area contributed by atoms with Crippen LogP contribution in [0, 0.1) is 0 Å². The molecule has 0 bridgehead atoms. The molecule has 1 aromatic heterocycles. The van der Waals surface area contributed by atoms with Crippen LogP contribution in [-0.4, -0.2) is 22.8 Å². The van der Waals surface area contributed by atoms with Crippen LogP contribution in [-0.2, 0) is 11.3 Å². The maximum atomic E-state index is 11.6. The molecule has 1 rings (SSSR count). The Kier molecular flexibility index (Phi) is 4.81. The quantitative estimate of drug-likeness (QED) is 0.740. The first-order chi connectivity index (χ1) is 7.24. The molecule has 0 fully saturated rings. The number of carbonyl (C=O) groups is 1. The van der Waals surface area contributed by atoms with Gasteiger partial charge in [0.15, 0.2) is 0 Å². The van der Waals surface area contributed by atoms with E-state index in [0.29, 0.717) is 13.0 Å². The van der Waals surface area contributed by atoms with E-state index in [1.165, 1.54) is 0 Å². The Morgan fingerprint density at radius 3 is 2.93 bits per heavy atom. The van der Waals surface area contributed by atoms with E-state index in [4.69, 9.17) is 0 Å². The second-order valence-electron chi connectivity index (χ2n) is 3.71. The number of amides is 1. The van der Waals surface area contributed by atoms with E-state index in [-0.39, 0.29) is 5.91 Å². The van der Waals surface area contributed by atoms with Gasteiger partial charge in [0.05, 0.1) is 0 Å². The van der Waals surface area contributed by atoms with Crippen LogP contribution in [0.3, 0.4) is 0 Å². The zero-order valence-electron chi connectivity index (χ0n) is 9.44. The zero-order chi connectivity index (χ0) is 11.1. The van der Waals surface area contributed by atoms with Crippen LogP contribution in [0.15, 0.2) is 24.5 Å². The highest BCUT2D eigenvalue weighted by Crippen LogP contribution is 2.04. The monoisotopic (exact) mass is 206 g/mol. The van der Waals surface area contributed by atoms with Gasteiger partial charge in [-0.2, -0.15) is 0 Å². The van der Waals surface area contributed by atoms with Gasteiger partial charge in [0.25, 0.3) is 0 Å². The highest BCUT2D eigenvalue weighted by molar-refractivity contribution is 5.75. The molecule has 0 unspecified atom stereocenters. The van der Waals surface area contributed by atoms with Crippen LogP contribution in [0.2, 0.25) is 0 Å². The van der Waals surface area contributed by atoms with Crippen LogP contribution in [0.1, 0.15) is 31.7 Å². The van der Waals surface area contributed by atoms with Crippen LogP contribution in [0.4, 0.5) is 0 Å². The number of unbranched alkanes of at least 4 members (excludes halogenated alkanes) is 1. The maximum absolute atomic E-state index is 11.6. The smallest absolute Gasteiger partial charge is 0.222 e. The first-order valence-corrected chi connectivity index (χ1v) is 5.37. The first kappa shape index (κ1) is 11.7. The Labute approximate surface area is 91.1 Å². The van der Waals surface area contributed by atoms with Gasteiger partial charge in [0.1, 0.15) is 0 Å². The van der Waals surface area contributed by atoms with E-state index >= 15 is 0 Å². The van der Waals surface area contributed by atoms with E-state index < -0.39 is 0 Å². The van der Waals surface area contributed by atoms with Gasteiger partial charge in [-0.05, 0) is 18.1 Å². The molecule has 15 heavy (non-hydrogen) atoms. The second-order valence-corrected chi connectivity index (χ2v) is 3.71. The molecule has 1 aromatic rings. The third kappa shape index (κ3) is 4.11. The van der Waals surface area contributed by atoms with Crippen molar-refractivity contribution in [3.8, 4) is 0 Å². The fourth-order valence-corrected chi connectivity index (χ4v) is 1.37. The average molecular weight is 206 g/mol. The van der Waals surface area contributed by atoms with E-state index in [1.807, 2.05) is 19.2 Å². The number of nitrogens with zero attached hydrogens (tertiary/aromatic N) is 2. The highest BCUT2D eigenvalue weighted by atomic mass is 16.2. The van der Waals surface area contributed by atoms with Crippen molar-refractivity contribution in [3.05, 3.63) is 30.1 Å². The van der Waals surface area contributed by atoms with Crippen molar-refractivity contribution in [3.63, 3.8) is 0 Å². The van der Waals surface area contributed by atoms with Gasteiger partial charge in [-0.1, -0.05) is 19.4 Å². The first-order valence-electron chi connectivity index (χ1n) is 5.37. The van der Waals surface area contributed by atoms with Crippen molar-refractivity contribution in [1.82, 2.24) is 9.88 Å². The molecule has 0 saturated heterocycles. The molecule has 1 heterocycles. The lowest BCUT2D eigenvalue weighted by atomic mass is 10.2. The van der Waals surface area contributed by atoms with Crippen LogP contribution in [0.25, 0.3) is 0 Å². The lowest BCUT2D eigenvalue weighted by Crippen LogP contribution is -2.25. The number of hydrogen-bond donors (Lipinski definition) is 0. The Hall–Kier alpha value is -1.38. The summed E-state index contributed by atoms with van der Waals surface area (Å²) in [6, 6.07) is 3.87. The number of hydrogen-bond acceptors (Lipinski definition) is 2. The van der Waals surface area contributed by atoms with Gasteiger partial charge >= 0.3 is 0 Å². The van der Waals surface area contributed by atoms with Crippen molar-refractivity contribution in [2.75, 3.05) is 7.05 Å². The number of aromatic nitrogens is 1. The summed E-state index contributed by atoms with van der Waals surface area (Å²) in [7, 11) is 1.84. The van der Waals surface area contributed by atoms with E-state index in [1.54, 1.807) is 17.3 Å². The molecule has 0 saturated carbocycles. The summed E-state index contributed by atoms with van der Waals surface area (Å²) in [6.07, 6.45) is 6.21. The summed E-state index contributed by atoms with van der Waals surface area (Å²) in [6.45, 7) is 2.74. The summed E-state index contributed by atoms with van der Waals surface area (Å²) in [5, 5.41) is 0. The standard InChI is InChI=1S/C12H18N2O/c1-3-4-7-12(15)14(2)10-11-6-5-8-13-9-11/h5-6,8-9H,3-4,7,10H2,1-2H3. The number of rotatable bonds is 5. The third-order valence-electron chi connectivity index (χ3n) is 2.31. The molecule has 0 aliphatic heterocycles. The minimum Gasteiger partial charge on any atom is -0.341 e. The van der Waals surface area contributed by atoms with Crippen molar-refractivity contribution in [1.29, 1.82) is 0 Å². The van der Waals surface area contributed by atoms with Crippen molar-refractivity contribution in [2.45, 2.75) is 32.7 Å². The van der Waals surface area contributed by atoms with Crippen molar-refractivity contribution in [2.24, 2.45) is 0 Å². The minimum atomic E-state index is 0.209. The molecule has 0 atom stereocenters. The SMILES string of the molecule is CCCCC(=O)N(C)Cc1cccnc1. The Bertz CT molecular complexity index is 298. The fraction of sp³-hybridized carbons (Fsp3) is 0.500. The summed E-state index contributed by atoms with van der Waals surface area (Å²) < 4.78 is 0. The topological polar surface area (TPSA) is 33.2 Å². The maximum Gasteiger partial charge on any atom is 0.222 e. The predicted octanol–water partition coefficient (Wildman–Crippen LogP) is 2.23. The molecule has 0 aliphatic rings. The molecule has 1 amide bonds. The number of carbonyl (C=O) groups excluding carboxylic acids is 1. The second kappa shape index (κ2) is 6.17. The predicted molar refractivity (Wildman–Crippen MR) is 60.2 cm³/mol. The molecule has 0 aromatic carbocycles. The average Bonchev–Trinajstić information content (AvgIpc) is 2.27. The Morgan fingerprint density at radius 2 is 2.33 bits per heavy atom. The van der Waals surface area contributed by atoms with E-state index in [9.17, 15) is 4.79 Å². The molecule has 0 spiro atoms. The fourth-order valence-electron chi connectivity index (χ4n) is 1.37. The molecular weight excluding hydrogens is 188 g/mol. The Morgan fingerprint density at radius 1 is 1.53 bits per heavy atom. The lowest BCUT2D eigenvalue weighted by Gasteiger charge is -2.16. The number of pyridine rings is 1. The Balaban J connectivity index is 2.41. The summed E-state index contributed by atoms with van der Waals surface area (Å²) in [4.78, 5) is 17.4. The van der Waals surface area contributed by atoms with Gasteiger partial charge in [0, 0.05) is 32.4 Å². The normalized spacial score (nSPS) is 10.0. The minimum absolute atomic E-state index is 0.209. The third-order valence-corrected chi connectivity index (χ3v) is 2.31. The van der Waals surface area contributed by atoms with Crippen molar-refractivity contribution < 1.29 is 4.79 Å². The largest absolute Gasteiger partial charge is 0.341 e. The molecular formula is C12H18N2O. The van der Waals surface area contributed by atoms with Gasteiger partial charge in [-0.15, -0.1) is 0 Å². The van der Waals surface area contributed by atoms with Crippen LogP contribution < -0.4 is 0 Å². The molecule has 0 N–H and O–H groups in total. The zero-order valence-corrected chi connectivity index (χ0v) is 9.44. The summed E-state index contributed by atoms with van der Waals surface area (Å²) >= 11 is 0. The van der Waals surface area contributed by atoms with Crippen molar-refractivity contribution >= 4 is 5.91 Å². The summed E-state index contributed by atoms with van der Waals surface area (Å²) in [5.41, 5.74) is 1.07. The molecule has 0 radical (unpaired) electrons. The molecule has 3 nitrogen and oxygen atoms in total. The van der Waals surface area contributed by atoms with E-state index in [2.05, 4.69) is 11.9 Å². The molecule has 3 heteroatoms. The van der Waals surface area contributed by atoms with Crippen LogP contribution in [0.5, 0.6) is 0 Å². The van der Waals surface area contributed by atoms with Gasteiger partial charge in [-0.3, -0.25) is 9.78 Å². The van der Waals surface area contributed by atoms with Gasteiger partial charge in [0.2, 0.25) is 5.91 Å². The summed E-state index contributed by atoms with van der Waals surface area (Å²) in [5.74, 6) is 0.209. The highest BCUT2D eigenvalue weighted by Gasteiger charge is 2.07. The molecule has 0 aliphatic carbocycles. The van der Waals surface area contributed by atoms with Crippen LogP contribution >= 0.6 is 0 Å². The van der Waals surface area contributed by atoms with Gasteiger partial charge < -0.3 is 4.90 Å². The van der Waals surface area contributed by atoms with Gasteiger partial charge in [-0.25, -0.2) is 0 Å².